The summed E-state index contributed by atoms with van der Waals surface area (Å²) < 4.78 is 0. The molecule has 0 aromatic heterocycles. The number of nitrogens with zero attached hydrogens (tertiary/aromatic N) is 1. The van der Waals surface area contributed by atoms with Gasteiger partial charge in [0, 0.05) is 12.6 Å². The lowest BCUT2D eigenvalue weighted by molar-refractivity contribution is 0.592. The van der Waals surface area contributed by atoms with E-state index < -0.39 is 0 Å². The number of guanidine groups is 1. The number of hydrogen-bond donors (Lipinski definition) is 2. The van der Waals surface area contributed by atoms with E-state index in [4.69, 9.17) is 5.73 Å². The Hall–Kier alpha value is -0.730. The van der Waals surface area contributed by atoms with Gasteiger partial charge in [-0.15, -0.1) is 0 Å². The lowest BCUT2D eigenvalue weighted by atomic mass is 10.1. The fourth-order valence-electron chi connectivity index (χ4n) is 1.61. The SMILES string of the molecule is CCCCCCCCCN=C(N)NC(C)C. The minimum Gasteiger partial charge on any atom is -0.370 e. The molecule has 0 rings (SSSR count). The molecule has 0 radical (unpaired) electrons. The maximum Gasteiger partial charge on any atom is 0.188 e. The van der Waals surface area contributed by atoms with Crippen molar-refractivity contribution in [3.8, 4) is 0 Å². The molecule has 0 spiro atoms. The van der Waals surface area contributed by atoms with Gasteiger partial charge in [0.2, 0.25) is 0 Å². The predicted octanol–water partition coefficient (Wildman–Crippen LogP) is 3.05. The molecule has 0 aliphatic heterocycles. The van der Waals surface area contributed by atoms with Crippen LogP contribution in [0.4, 0.5) is 0 Å². The Labute approximate surface area is 101 Å². The molecule has 96 valence electrons. The van der Waals surface area contributed by atoms with Crippen molar-refractivity contribution in [3.05, 3.63) is 0 Å². The van der Waals surface area contributed by atoms with E-state index in [2.05, 4.69) is 31.1 Å². The summed E-state index contributed by atoms with van der Waals surface area (Å²) in [6, 6.07) is 0.373. The zero-order chi connectivity index (χ0) is 12.2. The van der Waals surface area contributed by atoms with Gasteiger partial charge in [-0.1, -0.05) is 45.4 Å². The Morgan fingerprint density at radius 2 is 1.62 bits per heavy atom. The fourth-order valence-corrected chi connectivity index (χ4v) is 1.61. The quantitative estimate of drug-likeness (QED) is 0.361. The molecule has 0 atom stereocenters. The molecule has 0 saturated heterocycles. The summed E-state index contributed by atoms with van der Waals surface area (Å²) in [5.41, 5.74) is 5.69. The highest BCUT2D eigenvalue weighted by Crippen LogP contribution is 2.06. The van der Waals surface area contributed by atoms with Gasteiger partial charge in [-0.25, -0.2) is 0 Å². The molecule has 0 amide bonds. The summed E-state index contributed by atoms with van der Waals surface area (Å²) in [5, 5.41) is 3.09. The minimum atomic E-state index is 0.373. The zero-order valence-electron chi connectivity index (χ0n) is 11.3. The second-order valence-electron chi connectivity index (χ2n) is 4.69. The standard InChI is InChI=1S/C13H29N3/c1-4-5-6-7-8-9-10-11-15-13(14)16-12(2)3/h12H,4-11H2,1-3H3,(H3,14,15,16). The highest BCUT2D eigenvalue weighted by Gasteiger charge is 1.94. The fraction of sp³-hybridized carbons (Fsp3) is 0.923. The molecule has 3 N–H and O–H groups in total. The molecule has 0 aliphatic carbocycles. The van der Waals surface area contributed by atoms with Crippen LogP contribution in [0.15, 0.2) is 4.99 Å². The average Bonchev–Trinajstić information content (AvgIpc) is 2.21. The van der Waals surface area contributed by atoms with Crippen LogP contribution in [-0.2, 0) is 0 Å². The molecule has 0 saturated carbocycles. The number of hydrogen-bond acceptors (Lipinski definition) is 1. The van der Waals surface area contributed by atoms with E-state index >= 15 is 0 Å². The monoisotopic (exact) mass is 227 g/mol. The highest BCUT2D eigenvalue weighted by atomic mass is 15.1. The molecule has 16 heavy (non-hydrogen) atoms. The number of rotatable bonds is 9. The van der Waals surface area contributed by atoms with Crippen LogP contribution in [0.3, 0.4) is 0 Å². The lowest BCUT2D eigenvalue weighted by Gasteiger charge is -2.08. The summed E-state index contributed by atoms with van der Waals surface area (Å²) >= 11 is 0. The smallest absolute Gasteiger partial charge is 0.188 e. The second kappa shape index (κ2) is 10.8. The summed E-state index contributed by atoms with van der Waals surface area (Å²) in [6.07, 6.45) is 9.24. The Morgan fingerprint density at radius 1 is 1.06 bits per heavy atom. The van der Waals surface area contributed by atoms with E-state index in [1.54, 1.807) is 0 Å². The molecule has 0 heterocycles. The van der Waals surface area contributed by atoms with Crippen molar-refractivity contribution >= 4 is 5.96 Å². The third kappa shape index (κ3) is 11.3. The van der Waals surface area contributed by atoms with Crippen molar-refractivity contribution in [3.63, 3.8) is 0 Å². The summed E-state index contributed by atoms with van der Waals surface area (Å²) in [5.74, 6) is 0.584. The highest BCUT2D eigenvalue weighted by molar-refractivity contribution is 5.77. The van der Waals surface area contributed by atoms with Crippen molar-refractivity contribution in [2.75, 3.05) is 6.54 Å². The topological polar surface area (TPSA) is 50.4 Å². The third-order valence-corrected chi connectivity index (χ3v) is 2.48. The van der Waals surface area contributed by atoms with Crippen LogP contribution in [0.5, 0.6) is 0 Å². The first kappa shape index (κ1) is 15.3. The van der Waals surface area contributed by atoms with Crippen molar-refractivity contribution in [2.45, 2.75) is 71.8 Å². The lowest BCUT2D eigenvalue weighted by Crippen LogP contribution is -2.36. The van der Waals surface area contributed by atoms with Crippen molar-refractivity contribution < 1.29 is 0 Å². The van der Waals surface area contributed by atoms with E-state index in [1.165, 1.54) is 38.5 Å². The van der Waals surface area contributed by atoms with Gasteiger partial charge in [0.25, 0.3) is 0 Å². The summed E-state index contributed by atoms with van der Waals surface area (Å²) in [4.78, 5) is 4.28. The first-order valence-corrected chi connectivity index (χ1v) is 6.73. The van der Waals surface area contributed by atoms with Crippen molar-refractivity contribution in [2.24, 2.45) is 10.7 Å². The third-order valence-electron chi connectivity index (χ3n) is 2.48. The zero-order valence-corrected chi connectivity index (χ0v) is 11.3. The van der Waals surface area contributed by atoms with Gasteiger partial charge in [-0.05, 0) is 20.3 Å². The normalized spacial score (nSPS) is 12.1. The van der Waals surface area contributed by atoms with Crippen LogP contribution in [0, 0.1) is 0 Å². The van der Waals surface area contributed by atoms with E-state index in [1.807, 2.05) is 0 Å². The van der Waals surface area contributed by atoms with E-state index in [-0.39, 0.29) is 0 Å². The molecule has 0 aromatic rings. The second-order valence-corrected chi connectivity index (χ2v) is 4.69. The van der Waals surface area contributed by atoms with Gasteiger partial charge in [0.15, 0.2) is 5.96 Å². The maximum absolute atomic E-state index is 5.69. The van der Waals surface area contributed by atoms with Gasteiger partial charge in [0.05, 0.1) is 0 Å². The number of aliphatic imine (C=N–C) groups is 1. The molecule has 0 aliphatic rings. The molecule has 0 fully saturated rings. The minimum absolute atomic E-state index is 0.373. The Kier molecular flexibility index (Phi) is 10.3. The largest absolute Gasteiger partial charge is 0.370 e. The van der Waals surface area contributed by atoms with Crippen LogP contribution in [0.2, 0.25) is 0 Å². The van der Waals surface area contributed by atoms with Crippen LogP contribution in [0.1, 0.15) is 65.7 Å². The predicted molar refractivity (Wildman–Crippen MR) is 72.8 cm³/mol. The van der Waals surface area contributed by atoms with Gasteiger partial charge >= 0.3 is 0 Å². The van der Waals surface area contributed by atoms with Crippen LogP contribution in [0.25, 0.3) is 0 Å². The van der Waals surface area contributed by atoms with Crippen LogP contribution >= 0.6 is 0 Å². The number of unbranched alkanes of at least 4 members (excludes halogenated alkanes) is 6. The average molecular weight is 227 g/mol. The number of nitrogens with one attached hydrogen (secondary N) is 1. The first-order valence-electron chi connectivity index (χ1n) is 6.73. The van der Waals surface area contributed by atoms with E-state index in [0.717, 1.165) is 13.0 Å². The van der Waals surface area contributed by atoms with E-state index in [9.17, 15) is 0 Å². The van der Waals surface area contributed by atoms with E-state index in [0.29, 0.717) is 12.0 Å². The molecule has 0 unspecified atom stereocenters. The molecule has 0 aromatic carbocycles. The van der Waals surface area contributed by atoms with Crippen LogP contribution < -0.4 is 11.1 Å². The van der Waals surface area contributed by atoms with Crippen molar-refractivity contribution in [1.82, 2.24) is 5.32 Å². The van der Waals surface area contributed by atoms with Crippen LogP contribution in [-0.4, -0.2) is 18.5 Å². The molecular weight excluding hydrogens is 198 g/mol. The summed E-state index contributed by atoms with van der Waals surface area (Å²) in [6.45, 7) is 7.24. The van der Waals surface area contributed by atoms with Gasteiger partial charge in [-0.2, -0.15) is 0 Å². The van der Waals surface area contributed by atoms with Crippen molar-refractivity contribution in [1.29, 1.82) is 0 Å². The van der Waals surface area contributed by atoms with Gasteiger partial charge in [-0.3, -0.25) is 4.99 Å². The molecule has 0 bridgehead atoms. The maximum atomic E-state index is 5.69. The molecule has 3 heteroatoms. The molecular formula is C13H29N3. The number of nitrogens with two attached hydrogens (primary N) is 1. The van der Waals surface area contributed by atoms with Gasteiger partial charge in [0.1, 0.15) is 0 Å². The Morgan fingerprint density at radius 3 is 2.19 bits per heavy atom. The first-order chi connectivity index (χ1) is 7.66. The summed E-state index contributed by atoms with van der Waals surface area (Å²) in [7, 11) is 0. The van der Waals surface area contributed by atoms with Gasteiger partial charge < -0.3 is 11.1 Å². The Balaban J connectivity index is 3.25. The Bertz CT molecular complexity index is 176. The molecule has 3 nitrogen and oxygen atoms in total.